The minimum atomic E-state index is -0.527. The molecule has 2 aromatic heterocycles. The van der Waals surface area contributed by atoms with Crippen molar-refractivity contribution in [1.29, 1.82) is 0 Å². The van der Waals surface area contributed by atoms with Crippen LogP contribution in [0.2, 0.25) is 0 Å². The zero-order valence-electron chi connectivity index (χ0n) is 25.0. The number of carbonyl (C=O) groups excluding carboxylic acids is 3. The molecule has 3 atom stereocenters. The predicted molar refractivity (Wildman–Crippen MR) is 161 cm³/mol. The summed E-state index contributed by atoms with van der Waals surface area (Å²) >= 11 is 0. The van der Waals surface area contributed by atoms with E-state index < -0.39 is 17.8 Å². The van der Waals surface area contributed by atoms with E-state index in [1.165, 1.54) is 16.7 Å². The van der Waals surface area contributed by atoms with Gasteiger partial charge in [-0.3, -0.25) is 14.6 Å². The molecule has 0 bridgehead atoms. The molecule has 42 heavy (non-hydrogen) atoms. The summed E-state index contributed by atoms with van der Waals surface area (Å²) < 4.78 is 2.19. The maximum atomic E-state index is 12.0. The second-order valence-corrected chi connectivity index (χ2v) is 11.3. The fraction of sp³-hybridized carbons (Fsp3) is 0.457. The van der Waals surface area contributed by atoms with Crippen LogP contribution < -0.4 is 4.57 Å². The van der Waals surface area contributed by atoms with E-state index >= 15 is 0 Å². The summed E-state index contributed by atoms with van der Waals surface area (Å²) in [7, 11) is 0. The number of imide groups is 1. The Morgan fingerprint density at radius 2 is 1.36 bits per heavy atom. The molecule has 7 heteroatoms. The average Bonchev–Trinajstić information content (AvgIpc) is 3.34. The summed E-state index contributed by atoms with van der Waals surface area (Å²) in [6.45, 7) is 5.44. The third-order valence-electron chi connectivity index (χ3n) is 8.46. The van der Waals surface area contributed by atoms with E-state index in [0.29, 0.717) is 29.2 Å². The molecule has 1 aliphatic rings. The van der Waals surface area contributed by atoms with Crippen LogP contribution in [0.3, 0.4) is 0 Å². The SMILES string of the molecule is CCC(CC(CC(CC)c1cc[n+](CCCCCC(=O)ON2C(=O)CCC2=O)cc1)c1ccncc1)c1ccccc1. The van der Waals surface area contributed by atoms with Gasteiger partial charge in [0.25, 0.3) is 11.8 Å². The minimum absolute atomic E-state index is 0.111. The van der Waals surface area contributed by atoms with Crippen molar-refractivity contribution < 1.29 is 23.8 Å². The molecule has 0 spiro atoms. The molecule has 1 saturated heterocycles. The third kappa shape index (κ3) is 8.81. The zero-order chi connectivity index (χ0) is 29.7. The van der Waals surface area contributed by atoms with Crippen LogP contribution in [0.4, 0.5) is 0 Å². The van der Waals surface area contributed by atoms with Crippen LogP contribution in [0, 0.1) is 0 Å². The number of amides is 2. The molecule has 3 unspecified atom stereocenters. The van der Waals surface area contributed by atoms with E-state index in [9.17, 15) is 14.4 Å². The van der Waals surface area contributed by atoms with Crippen molar-refractivity contribution in [2.24, 2.45) is 0 Å². The number of hydrogen-bond acceptors (Lipinski definition) is 5. The number of hydrogen-bond donors (Lipinski definition) is 0. The zero-order valence-corrected chi connectivity index (χ0v) is 25.0. The molecular formula is C35H44N3O4+. The Balaban J connectivity index is 1.29. The maximum absolute atomic E-state index is 12.0. The molecule has 0 saturated carbocycles. The first-order valence-electron chi connectivity index (χ1n) is 15.5. The summed E-state index contributed by atoms with van der Waals surface area (Å²) in [5.41, 5.74) is 4.15. The van der Waals surface area contributed by atoms with Gasteiger partial charge in [-0.15, -0.1) is 5.06 Å². The highest BCUT2D eigenvalue weighted by Crippen LogP contribution is 2.39. The highest BCUT2D eigenvalue weighted by molar-refractivity contribution is 6.01. The van der Waals surface area contributed by atoms with Gasteiger partial charge in [-0.25, -0.2) is 9.36 Å². The molecular weight excluding hydrogens is 526 g/mol. The number of nitrogens with zero attached hydrogens (tertiary/aromatic N) is 3. The van der Waals surface area contributed by atoms with E-state index in [4.69, 9.17) is 4.84 Å². The van der Waals surface area contributed by atoms with Crippen LogP contribution in [0.5, 0.6) is 0 Å². The largest absolute Gasteiger partial charge is 0.333 e. The van der Waals surface area contributed by atoms with Crippen molar-refractivity contribution in [2.45, 2.75) is 102 Å². The monoisotopic (exact) mass is 570 g/mol. The van der Waals surface area contributed by atoms with Crippen molar-refractivity contribution in [3.8, 4) is 0 Å². The van der Waals surface area contributed by atoms with Crippen molar-refractivity contribution in [1.82, 2.24) is 10.0 Å². The molecule has 1 aromatic carbocycles. The third-order valence-corrected chi connectivity index (χ3v) is 8.46. The summed E-state index contributed by atoms with van der Waals surface area (Å²) in [5.74, 6) is 0.0231. The van der Waals surface area contributed by atoms with Crippen molar-refractivity contribution >= 4 is 17.8 Å². The van der Waals surface area contributed by atoms with Gasteiger partial charge < -0.3 is 4.84 Å². The standard InChI is InChI=1S/C35H44N3O4/c1-3-27(29-11-7-5-8-12-29)25-32(30-16-20-36-21-17-30)26-28(4-2)31-18-23-37(24-19-31)22-10-6-9-13-35(41)42-38-33(39)14-15-34(38)40/h5,7-8,11-12,16-21,23-24,27-28,32H,3-4,6,9-10,13-15,22,25-26H2,1-2H3/q+1. The number of pyridine rings is 2. The summed E-state index contributed by atoms with van der Waals surface area (Å²) in [5, 5.41) is 0.619. The van der Waals surface area contributed by atoms with E-state index in [1.807, 2.05) is 12.4 Å². The second-order valence-electron chi connectivity index (χ2n) is 11.3. The number of aromatic nitrogens is 2. The number of benzene rings is 1. The van der Waals surface area contributed by atoms with Gasteiger partial charge in [0.2, 0.25) is 0 Å². The number of carbonyl (C=O) groups is 3. The van der Waals surface area contributed by atoms with Crippen LogP contribution in [-0.2, 0) is 25.8 Å². The Hall–Kier alpha value is -3.87. The van der Waals surface area contributed by atoms with Crippen LogP contribution >= 0.6 is 0 Å². The number of rotatable bonds is 16. The Labute approximate surface area is 249 Å². The Morgan fingerprint density at radius 3 is 1.95 bits per heavy atom. The van der Waals surface area contributed by atoms with Gasteiger partial charge in [0.05, 0.1) is 0 Å². The molecule has 3 heterocycles. The van der Waals surface area contributed by atoms with Gasteiger partial charge >= 0.3 is 5.97 Å². The van der Waals surface area contributed by atoms with Gasteiger partial charge in [-0.1, -0.05) is 44.2 Å². The Morgan fingerprint density at radius 1 is 0.786 bits per heavy atom. The average molecular weight is 571 g/mol. The number of aryl methyl sites for hydroxylation is 1. The van der Waals surface area contributed by atoms with E-state index in [1.54, 1.807) is 0 Å². The summed E-state index contributed by atoms with van der Waals surface area (Å²) in [4.78, 5) is 44.4. The second kappa shape index (κ2) is 15.9. The molecule has 7 nitrogen and oxygen atoms in total. The highest BCUT2D eigenvalue weighted by Gasteiger charge is 2.32. The topological polar surface area (TPSA) is 80.5 Å². The van der Waals surface area contributed by atoms with Crippen molar-refractivity contribution in [3.63, 3.8) is 0 Å². The maximum Gasteiger partial charge on any atom is 0.333 e. The summed E-state index contributed by atoms with van der Waals surface area (Å²) in [6.07, 6.45) is 15.4. The van der Waals surface area contributed by atoms with Crippen LogP contribution in [0.1, 0.15) is 112 Å². The lowest BCUT2D eigenvalue weighted by molar-refractivity contribution is -0.697. The normalized spacial score (nSPS) is 15.4. The van der Waals surface area contributed by atoms with E-state index in [2.05, 4.69) is 90.4 Å². The first-order chi connectivity index (χ1) is 20.5. The van der Waals surface area contributed by atoms with Gasteiger partial charge in [-0.05, 0) is 85.1 Å². The fourth-order valence-corrected chi connectivity index (χ4v) is 5.93. The van der Waals surface area contributed by atoms with Gasteiger partial charge in [0.15, 0.2) is 12.4 Å². The lowest BCUT2D eigenvalue weighted by atomic mass is 9.77. The highest BCUT2D eigenvalue weighted by atomic mass is 16.7. The molecule has 0 radical (unpaired) electrons. The molecule has 0 N–H and O–H groups in total. The number of unbranched alkanes of at least 4 members (excludes halogenated alkanes) is 2. The van der Waals surface area contributed by atoms with Crippen LogP contribution in [0.25, 0.3) is 0 Å². The van der Waals surface area contributed by atoms with Gasteiger partial charge in [0.1, 0.15) is 6.54 Å². The van der Waals surface area contributed by atoms with Crippen molar-refractivity contribution in [3.05, 3.63) is 96.1 Å². The first-order valence-corrected chi connectivity index (χ1v) is 15.5. The van der Waals surface area contributed by atoms with Gasteiger partial charge in [0, 0.05) is 50.2 Å². The van der Waals surface area contributed by atoms with E-state index in [0.717, 1.165) is 45.1 Å². The Kier molecular flexibility index (Phi) is 11.8. The minimum Gasteiger partial charge on any atom is -0.330 e. The van der Waals surface area contributed by atoms with Crippen molar-refractivity contribution in [2.75, 3.05) is 0 Å². The quantitative estimate of drug-likeness (QED) is 0.108. The lowest BCUT2D eigenvalue weighted by Gasteiger charge is -2.27. The molecule has 222 valence electrons. The lowest BCUT2D eigenvalue weighted by Crippen LogP contribution is -2.33. The summed E-state index contributed by atoms with van der Waals surface area (Å²) in [6, 6.07) is 19.8. The molecule has 3 aromatic rings. The molecule has 0 aliphatic carbocycles. The fourth-order valence-electron chi connectivity index (χ4n) is 5.93. The first kappa shape index (κ1) is 31.1. The molecule has 4 rings (SSSR count). The van der Waals surface area contributed by atoms with Crippen LogP contribution in [0.15, 0.2) is 79.4 Å². The number of hydroxylamine groups is 2. The molecule has 1 fully saturated rings. The predicted octanol–water partition coefficient (Wildman–Crippen LogP) is 6.79. The van der Waals surface area contributed by atoms with Crippen LogP contribution in [-0.4, -0.2) is 27.8 Å². The van der Waals surface area contributed by atoms with Gasteiger partial charge in [-0.2, -0.15) is 0 Å². The van der Waals surface area contributed by atoms with E-state index in [-0.39, 0.29) is 19.3 Å². The molecule has 2 amide bonds. The molecule has 1 aliphatic heterocycles. The smallest absolute Gasteiger partial charge is 0.330 e. The Bertz CT molecular complexity index is 1260.